The molecule has 0 aliphatic heterocycles. The minimum absolute atomic E-state index is 0.0165. The zero-order valence-corrected chi connectivity index (χ0v) is 17.1. The Morgan fingerprint density at radius 3 is 2.66 bits per heavy atom. The van der Waals surface area contributed by atoms with E-state index in [1.54, 1.807) is 46.3 Å². The molecule has 0 radical (unpaired) electrons. The van der Waals surface area contributed by atoms with Gasteiger partial charge in [-0.15, -0.1) is 0 Å². The Kier molecular flexibility index (Phi) is 6.08. The second-order valence-corrected chi connectivity index (χ2v) is 6.77. The molecule has 1 aromatic heterocycles. The van der Waals surface area contributed by atoms with Gasteiger partial charge in [-0.3, -0.25) is 4.79 Å². The van der Waals surface area contributed by atoms with Crippen LogP contribution in [0.25, 0.3) is 11.3 Å². The summed E-state index contributed by atoms with van der Waals surface area (Å²) in [7, 11) is 3.10. The average Bonchev–Trinajstić information content (AvgIpc) is 3.08. The third-order valence-electron chi connectivity index (χ3n) is 4.54. The number of carbonyl (C=O) groups excluding carboxylic acids is 1. The van der Waals surface area contributed by atoms with E-state index in [1.807, 2.05) is 0 Å². The van der Waals surface area contributed by atoms with Gasteiger partial charge in [0.05, 0.1) is 30.8 Å². The van der Waals surface area contributed by atoms with Crippen molar-refractivity contribution in [1.29, 1.82) is 0 Å². The quantitative estimate of drug-likeness (QED) is 0.613. The molecule has 1 atom stereocenters. The second kappa shape index (κ2) is 8.53. The standard InChI is InChI=1S/C21H20ClFN2O4/c1-11(14-10-13(27-3)8-9-17(14)28-4)24-21(26)18-12(2)29-25-20(18)19-15(22)6-5-7-16(19)23/h5-11H,1-4H3,(H,24,26)/t11-/m0/s1. The summed E-state index contributed by atoms with van der Waals surface area (Å²) in [6.07, 6.45) is 0. The summed E-state index contributed by atoms with van der Waals surface area (Å²) in [5.41, 5.74) is 0.904. The average molecular weight is 419 g/mol. The Balaban J connectivity index is 1.96. The van der Waals surface area contributed by atoms with E-state index in [0.717, 1.165) is 5.56 Å². The molecule has 8 heteroatoms. The number of benzene rings is 2. The molecule has 0 aliphatic rings. The zero-order valence-electron chi connectivity index (χ0n) is 16.4. The highest BCUT2D eigenvalue weighted by Crippen LogP contribution is 2.34. The minimum atomic E-state index is -0.595. The van der Waals surface area contributed by atoms with Crippen LogP contribution >= 0.6 is 11.6 Å². The number of amides is 1. The highest BCUT2D eigenvalue weighted by Gasteiger charge is 2.27. The van der Waals surface area contributed by atoms with Crippen molar-refractivity contribution in [2.75, 3.05) is 14.2 Å². The lowest BCUT2D eigenvalue weighted by molar-refractivity contribution is 0.0938. The Hall–Kier alpha value is -3.06. The first-order chi connectivity index (χ1) is 13.9. The van der Waals surface area contributed by atoms with E-state index in [9.17, 15) is 9.18 Å². The number of ether oxygens (including phenoxy) is 2. The van der Waals surface area contributed by atoms with Crippen LogP contribution < -0.4 is 14.8 Å². The van der Waals surface area contributed by atoms with Gasteiger partial charge in [0.25, 0.3) is 5.91 Å². The van der Waals surface area contributed by atoms with Gasteiger partial charge in [-0.05, 0) is 44.2 Å². The fourth-order valence-corrected chi connectivity index (χ4v) is 3.31. The van der Waals surface area contributed by atoms with E-state index in [-0.39, 0.29) is 27.6 Å². The van der Waals surface area contributed by atoms with E-state index < -0.39 is 17.8 Å². The first kappa shape index (κ1) is 20.7. The first-order valence-corrected chi connectivity index (χ1v) is 9.18. The number of hydrogen-bond donors (Lipinski definition) is 1. The molecule has 0 fully saturated rings. The fraction of sp³-hybridized carbons (Fsp3) is 0.238. The summed E-state index contributed by atoms with van der Waals surface area (Å²) in [4.78, 5) is 13.0. The molecule has 152 valence electrons. The molecule has 1 amide bonds. The maximum absolute atomic E-state index is 14.4. The molecule has 0 spiro atoms. The van der Waals surface area contributed by atoms with Crippen molar-refractivity contribution in [2.45, 2.75) is 19.9 Å². The van der Waals surface area contributed by atoms with Gasteiger partial charge in [0.1, 0.15) is 34.3 Å². The number of aromatic nitrogens is 1. The SMILES string of the molecule is COc1ccc(OC)c([C@H](C)NC(=O)c2c(-c3c(F)cccc3Cl)noc2C)c1. The number of aryl methyl sites for hydroxylation is 1. The number of rotatable bonds is 6. The molecule has 0 bridgehead atoms. The number of hydrogen-bond acceptors (Lipinski definition) is 5. The summed E-state index contributed by atoms with van der Waals surface area (Å²) in [6, 6.07) is 9.10. The number of nitrogens with one attached hydrogen (secondary N) is 1. The topological polar surface area (TPSA) is 73.6 Å². The monoisotopic (exact) mass is 418 g/mol. The lowest BCUT2D eigenvalue weighted by Crippen LogP contribution is -2.27. The lowest BCUT2D eigenvalue weighted by Gasteiger charge is -2.18. The molecule has 1 N–H and O–H groups in total. The number of halogens is 2. The summed E-state index contributed by atoms with van der Waals surface area (Å²) >= 11 is 6.14. The highest BCUT2D eigenvalue weighted by molar-refractivity contribution is 6.33. The summed E-state index contributed by atoms with van der Waals surface area (Å²) in [6.45, 7) is 3.38. The Labute approximate surface area is 172 Å². The van der Waals surface area contributed by atoms with Crippen molar-refractivity contribution in [1.82, 2.24) is 10.5 Å². The van der Waals surface area contributed by atoms with Crippen molar-refractivity contribution in [3.05, 3.63) is 64.1 Å². The molecule has 0 aliphatic carbocycles. The van der Waals surface area contributed by atoms with Gasteiger partial charge in [-0.2, -0.15) is 0 Å². The third kappa shape index (κ3) is 4.05. The zero-order chi connectivity index (χ0) is 21.1. The molecular weight excluding hydrogens is 399 g/mol. The maximum atomic E-state index is 14.4. The molecule has 6 nitrogen and oxygen atoms in total. The Morgan fingerprint density at radius 1 is 1.24 bits per heavy atom. The summed E-state index contributed by atoms with van der Waals surface area (Å²) in [5.74, 6) is 0.402. The van der Waals surface area contributed by atoms with Crippen LogP contribution in [0.4, 0.5) is 4.39 Å². The van der Waals surface area contributed by atoms with Crippen LogP contribution in [0.1, 0.15) is 34.6 Å². The van der Waals surface area contributed by atoms with E-state index in [4.69, 9.17) is 25.6 Å². The van der Waals surface area contributed by atoms with Gasteiger partial charge in [-0.25, -0.2) is 4.39 Å². The van der Waals surface area contributed by atoms with Crippen molar-refractivity contribution < 1.29 is 23.2 Å². The van der Waals surface area contributed by atoms with E-state index in [2.05, 4.69) is 10.5 Å². The third-order valence-corrected chi connectivity index (χ3v) is 4.86. The highest BCUT2D eigenvalue weighted by atomic mass is 35.5. The largest absolute Gasteiger partial charge is 0.497 e. The number of nitrogens with zero attached hydrogens (tertiary/aromatic N) is 1. The number of methoxy groups -OCH3 is 2. The second-order valence-electron chi connectivity index (χ2n) is 6.36. The minimum Gasteiger partial charge on any atom is -0.497 e. The van der Waals surface area contributed by atoms with Crippen LogP contribution in [0.3, 0.4) is 0 Å². The van der Waals surface area contributed by atoms with Gasteiger partial charge in [-0.1, -0.05) is 22.8 Å². The van der Waals surface area contributed by atoms with Crippen LogP contribution in [0.2, 0.25) is 5.02 Å². The normalized spacial score (nSPS) is 11.8. The Bertz CT molecular complexity index is 1030. The van der Waals surface area contributed by atoms with Crippen LogP contribution in [0.5, 0.6) is 11.5 Å². The molecule has 3 aromatic rings. The summed E-state index contributed by atoms with van der Waals surface area (Å²) in [5, 5.41) is 6.87. The molecular formula is C21H20ClFN2O4. The molecule has 1 heterocycles. The van der Waals surface area contributed by atoms with Crippen molar-refractivity contribution in [3.63, 3.8) is 0 Å². The van der Waals surface area contributed by atoms with Gasteiger partial charge < -0.3 is 19.3 Å². The van der Waals surface area contributed by atoms with Gasteiger partial charge in [0, 0.05) is 5.56 Å². The van der Waals surface area contributed by atoms with Crippen molar-refractivity contribution in [2.24, 2.45) is 0 Å². The van der Waals surface area contributed by atoms with Crippen LogP contribution in [-0.2, 0) is 0 Å². The van der Waals surface area contributed by atoms with Crippen molar-refractivity contribution in [3.8, 4) is 22.8 Å². The predicted octanol–water partition coefficient (Wildman–Crippen LogP) is 4.95. The van der Waals surface area contributed by atoms with Gasteiger partial charge in [0.15, 0.2) is 0 Å². The molecule has 2 aromatic carbocycles. The predicted molar refractivity (Wildman–Crippen MR) is 107 cm³/mol. The smallest absolute Gasteiger partial charge is 0.257 e. The van der Waals surface area contributed by atoms with Crippen LogP contribution in [0.15, 0.2) is 40.9 Å². The lowest BCUT2D eigenvalue weighted by atomic mass is 10.0. The molecule has 29 heavy (non-hydrogen) atoms. The molecule has 0 saturated carbocycles. The molecule has 3 rings (SSSR count). The molecule has 0 unspecified atom stereocenters. The van der Waals surface area contributed by atoms with E-state index in [0.29, 0.717) is 11.5 Å². The van der Waals surface area contributed by atoms with Gasteiger partial charge >= 0.3 is 0 Å². The molecule has 0 saturated heterocycles. The van der Waals surface area contributed by atoms with Crippen LogP contribution in [0, 0.1) is 12.7 Å². The maximum Gasteiger partial charge on any atom is 0.257 e. The Morgan fingerprint density at radius 2 is 2.00 bits per heavy atom. The summed E-state index contributed by atoms with van der Waals surface area (Å²) < 4.78 is 30.2. The number of carbonyl (C=O) groups is 1. The fourth-order valence-electron chi connectivity index (χ4n) is 3.06. The van der Waals surface area contributed by atoms with E-state index in [1.165, 1.54) is 18.2 Å². The van der Waals surface area contributed by atoms with E-state index >= 15 is 0 Å². The first-order valence-electron chi connectivity index (χ1n) is 8.80. The van der Waals surface area contributed by atoms with Crippen molar-refractivity contribution >= 4 is 17.5 Å². The van der Waals surface area contributed by atoms with Gasteiger partial charge in [0.2, 0.25) is 0 Å². The van der Waals surface area contributed by atoms with Crippen LogP contribution in [-0.4, -0.2) is 25.3 Å².